The Morgan fingerprint density at radius 1 is 1.30 bits per heavy atom. The molecule has 0 heterocycles. The zero-order valence-corrected chi connectivity index (χ0v) is 13.4. The van der Waals surface area contributed by atoms with E-state index >= 15 is 0 Å². The Hall–Kier alpha value is -0.730. The minimum atomic E-state index is 0.469. The Bertz CT molecular complexity index is 415. The Morgan fingerprint density at radius 3 is 2.70 bits per heavy atom. The highest BCUT2D eigenvalue weighted by Crippen LogP contribution is 2.27. The number of aryl methyl sites for hydroxylation is 1. The van der Waals surface area contributed by atoms with E-state index < -0.39 is 0 Å². The van der Waals surface area contributed by atoms with Crippen LogP contribution in [0.1, 0.15) is 44.6 Å². The smallest absolute Gasteiger partial charge is 0.119 e. The quantitative estimate of drug-likeness (QED) is 0.829. The maximum absolute atomic E-state index is 6.05. The van der Waals surface area contributed by atoms with Crippen LogP contribution in [0.25, 0.3) is 0 Å². The van der Waals surface area contributed by atoms with Crippen LogP contribution in [-0.2, 0) is 0 Å². The second-order valence-corrected chi connectivity index (χ2v) is 6.19. The molecule has 1 aliphatic carbocycles. The molecule has 1 aromatic rings. The average Bonchev–Trinajstić information content (AvgIpc) is 2.48. The molecule has 1 aromatic carbocycles. The van der Waals surface area contributed by atoms with Crippen LogP contribution in [0, 0.1) is 12.8 Å². The van der Waals surface area contributed by atoms with E-state index in [-0.39, 0.29) is 0 Å². The van der Waals surface area contributed by atoms with Crippen molar-refractivity contribution in [1.29, 1.82) is 0 Å². The first-order valence-corrected chi connectivity index (χ1v) is 8.21. The highest BCUT2D eigenvalue weighted by Gasteiger charge is 2.23. The van der Waals surface area contributed by atoms with E-state index in [0.717, 1.165) is 35.4 Å². The lowest BCUT2D eigenvalue weighted by molar-refractivity contribution is 0.187. The third kappa shape index (κ3) is 4.39. The van der Waals surface area contributed by atoms with Gasteiger partial charge >= 0.3 is 0 Å². The SMILES string of the molecule is CCNC(COc1ccc(Cl)c(C)c1)C1CCCCC1. The monoisotopic (exact) mass is 295 g/mol. The van der Waals surface area contributed by atoms with Gasteiger partial charge in [0.1, 0.15) is 12.4 Å². The number of ether oxygens (including phenoxy) is 1. The van der Waals surface area contributed by atoms with Crippen molar-refractivity contribution in [3.05, 3.63) is 28.8 Å². The molecule has 1 fully saturated rings. The van der Waals surface area contributed by atoms with E-state index in [1.165, 1.54) is 32.1 Å². The van der Waals surface area contributed by atoms with Gasteiger partial charge in [0.2, 0.25) is 0 Å². The molecular formula is C17H26ClNO. The fraction of sp³-hybridized carbons (Fsp3) is 0.647. The van der Waals surface area contributed by atoms with E-state index in [4.69, 9.17) is 16.3 Å². The number of halogens is 1. The Balaban J connectivity index is 1.91. The number of likely N-dealkylation sites (N-methyl/N-ethyl adjacent to an activating group) is 1. The lowest BCUT2D eigenvalue weighted by Gasteiger charge is -2.30. The molecule has 0 bridgehead atoms. The fourth-order valence-corrected chi connectivity index (χ4v) is 3.17. The van der Waals surface area contributed by atoms with Crippen LogP contribution in [-0.4, -0.2) is 19.2 Å². The molecule has 2 nitrogen and oxygen atoms in total. The van der Waals surface area contributed by atoms with Crippen molar-refractivity contribution in [2.45, 2.75) is 52.0 Å². The van der Waals surface area contributed by atoms with Crippen molar-refractivity contribution in [2.24, 2.45) is 5.92 Å². The molecule has 2 rings (SSSR count). The van der Waals surface area contributed by atoms with Gasteiger partial charge in [0.15, 0.2) is 0 Å². The lowest BCUT2D eigenvalue weighted by atomic mass is 9.84. The first kappa shape index (κ1) is 15.7. The molecule has 0 radical (unpaired) electrons. The zero-order chi connectivity index (χ0) is 14.4. The van der Waals surface area contributed by atoms with Gasteiger partial charge in [0.05, 0.1) is 0 Å². The number of hydrogen-bond acceptors (Lipinski definition) is 2. The third-order valence-electron chi connectivity index (χ3n) is 4.24. The predicted octanol–water partition coefficient (Wildman–Crippen LogP) is 4.59. The van der Waals surface area contributed by atoms with Crippen molar-refractivity contribution in [3.63, 3.8) is 0 Å². The summed E-state index contributed by atoms with van der Waals surface area (Å²) < 4.78 is 5.99. The summed E-state index contributed by atoms with van der Waals surface area (Å²) in [7, 11) is 0. The number of nitrogens with one attached hydrogen (secondary N) is 1. The van der Waals surface area contributed by atoms with Gasteiger partial charge in [-0.25, -0.2) is 0 Å². The van der Waals surface area contributed by atoms with Gasteiger partial charge in [-0.2, -0.15) is 0 Å². The zero-order valence-electron chi connectivity index (χ0n) is 12.6. The van der Waals surface area contributed by atoms with Crippen LogP contribution in [0.5, 0.6) is 5.75 Å². The Morgan fingerprint density at radius 2 is 2.05 bits per heavy atom. The van der Waals surface area contributed by atoms with Crippen molar-refractivity contribution < 1.29 is 4.74 Å². The molecule has 1 atom stereocenters. The van der Waals surface area contributed by atoms with Crippen LogP contribution in [0.15, 0.2) is 18.2 Å². The maximum Gasteiger partial charge on any atom is 0.119 e. The number of rotatable bonds is 6. The lowest BCUT2D eigenvalue weighted by Crippen LogP contribution is -2.41. The Kier molecular flexibility index (Phi) is 6.18. The van der Waals surface area contributed by atoms with E-state index in [1.54, 1.807) is 0 Å². The van der Waals surface area contributed by atoms with Crippen molar-refractivity contribution in [3.8, 4) is 5.75 Å². The summed E-state index contributed by atoms with van der Waals surface area (Å²) in [5, 5.41) is 4.40. The second-order valence-electron chi connectivity index (χ2n) is 5.78. The third-order valence-corrected chi connectivity index (χ3v) is 4.67. The molecule has 3 heteroatoms. The summed E-state index contributed by atoms with van der Waals surface area (Å²) in [5.74, 6) is 1.68. The first-order valence-electron chi connectivity index (χ1n) is 7.83. The molecule has 0 spiro atoms. The average molecular weight is 296 g/mol. The van der Waals surface area contributed by atoms with Gasteiger partial charge in [-0.1, -0.05) is 37.8 Å². The molecular weight excluding hydrogens is 270 g/mol. The summed E-state index contributed by atoms with van der Waals surface area (Å²) in [4.78, 5) is 0. The van der Waals surface area contributed by atoms with Gasteiger partial charge in [-0.15, -0.1) is 0 Å². The fourth-order valence-electron chi connectivity index (χ4n) is 3.05. The molecule has 1 unspecified atom stereocenters. The van der Waals surface area contributed by atoms with Crippen LogP contribution in [0.3, 0.4) is 0 Å². The molecule has 0 aliphatic heterocycles. The summed E-state index contributed by atoms with van der Waals surface area (Å²) >= 11 is 6.05. The minimum Gasteiger partial charge on any atom is -0.492 e. The van der Waals surface area contributed by atoms with Crippen molar-refractivity contribution in [2.75, 3.05) is 13.2 Å². The molecule has 1 saturated carbocycles. The molecule has 0 saturated heterocycles. The van der Waals surface area contributed by atoms with E-state index in [9.17, 15) is 0 Å². The van der Waals surface area contributed by atoms with Gasteiger partial charge in [0.25, 0.3) is 0 Å². The van der Waals surface area contributed by atoms with Crippen LogP contribution >= 0.6 is 11.6 Å². The van der Waals surface area contributed by atoms with Crippen LogP contribution in [0.2, 0.25) is 5.02 Å². The van der Waals surface area contributed by atoms with Gasteiger partial charge in [-0.3, -0.25) is 0 Å². The summed E-state index contributed by atoms with van der Waals surface area (Å²) in [6, 6.07) is 6.36. The first-order chi connectivity index (χ1) is 9.70. The number of benzene rings is 1. The predicted molar refractivity (Wildman–Crippen MR) is 85.7 cm³/mol. The van der Waals surface area contributed by atoms with E-state index in [2.05, 4.69) is 12.2 Å². The molecule has 0 amide bonds. The highest BCUT2D eigenvalue weighted by molar-refractivity contribution is 6.31. The highest BCUT2D eigenvalue weighted by atomic mass is 35.5. The molecule has 20 heavy (non-hydrogen) atoms. The molecule has 0 aromatic heterocycles. The van der Waals surface area contributed by atoms with E-state index in [0.29, 0.717) is 6.04 Å². The summed E-state index contributed by atoms with van der Waals surface area (Å²) in [6.07, 6.45) is 6.80. The normalized spacial score (nSPS) is 17.9. The minimum absolute atomic E-state index is 0.469. The maximum atomic E-state index is 6.05. The Labute approximate surface area is 127 Å². The van der Waals surface area contributed by atoms with Gasteiger partial charge < -0.3 is 10.1 Å². The topological polar surface area (TPSA) is 21.3 Å². The van der Waals surface area contributed by atoms with Crippen molar-refractivity contribution in [1.82, 2.24) is 5.32 Å². The standard InChI is InChI=1S/C17H26ClNO/c1-3-19-17(14-7-5-4-6-8-14)12-20-15-9-10-16(18)13(2)11-15/h9-11,14,17,19H,3-8,12H2,1-2H3. The van der Waals surface area contributed by atoms with Crippen LogP contribution in [0.4, 0.5) is 0 Å². The largest absolute Gasteiger partial charge is 0.492 e. The second kappa shape index (κ2) is 7.90. The van der Waals surface area contributed by atoms with Gasteiger partial charge in [0, 0.05) is 11.1 Å². The van der Waals surface area contributed by atoms with Crippen molar-refractivity contribution >= 4 is 11.6 Å². The summed E-state index contributed by atoms with van der Waals surface area (Å²) in [6.45, 7) is 5.93. The molecule has 112 valence electrons. The summed E-state index contributed by atoms with van der Waals surface area (Å²) in [5.41, 5.74) is 1.07. The van der Waals surface area contributed by atoms with E-state index in [1.807, 2.05) is 25.1 Å². The number of hydrogen-bond donors (Lipinski definition) is 1. The van der Waals surface area contributed by atoms with Gasteiger partial charge in [-0.05, 0) is 56.0 Å². The molecule has 1 N–H and O–H groups in total. The van der Waals surface area contributed by atoms with Crippen LogP contribution < -0.4 is 10.1 Å². The molecule has 1 aliphatic rings.